The van der Waals surface area contributed by atoms with Crippen molar-refractivity contribution in [1.82, 2.24) is 0 Å². The molecule has 5 nitrogen and oxygen atoms in total. The Bertz CT molecular complexity index is 416. The third-order valence-corrected chi connectivity index (χ3v) is 2.42. The molecule has 0 saturated heterocycles. The van der Waals surface area contributed by atoms with Gasteiger partial charge >= 0.3 is 0 Å². The average molecular weight is 309 g/mol. The van der Waals surface area contributed by atoms with E-state index in [1.807, 2.05) is 6.92 Å². The second-order valence-electron chi connectivity index (χ2n) is 3.62. The number of rotatable bonds is 6. The number of nitrogens with one attached hydrogen (secondary N) is 1. The summed E-state index contributed by atoms with van der Waals surface area (Å²) in [7, 11) is 1.49. The van der Waals surface area contributed by atoms with Crippen LogP contribution >= 0.6 is 24.0 Å². The highest BCUT2D eigenvalue weighted by atomic mass is 35.5. The quantitative estimate of drug-likeness (QED) is 0.844. The van der Waals surface area contributed by atoms with E-state index < -0.39 is 6.04 Å². The third-order valence-electron chi connectivity index (χ3n) is 2.18. The van der Waals surface area contributed by atoms with Crippen LogP contribution in [0.2, 0.25) is 5.02 Å². The molecule has 1 amide bonds. The Kier molecular flexibility index (Phi) is 8.51. The molecule has 3 N–H and O–H groups in total. The lowest BCUT2D eigenvalue weighted by atomic mass is 10.2. The Labute approximate surface area is 123 Å². The number of carbonyl (C=O) groups excluding carboxylic acids is 1. The van der Waals surface area contributed by atoms with Crippen molar-refractivity contribution in [2.45, 2.75) is 13.0 Å². The molecule has 0 spiro atoms. The zero-order valence-electron chi connectivity index (χ0n) is 10.8. The highest BCUT2D eigenvalue weighted by Crippen LogP contribution is 2.28. The Balaban J connectivity index is 0.00000324. The van der Waals surface area contributed by atoms with Crippen molar-refractivity contribution in [1.29, 1.82) is 0 Å². The molecule has 0 saturated carbocycles. The van der Waals surface area contributed by atoms with E-state index in [0.29, 0.717) is 23.1 Å². The number of benzene rings is 1. The molecule has 19 heavy (non-hydrogen) atoms. The summed E-state index contributed by atoms with van der Waals surface area (Å²) in [6.07, 6.45) is 0. The first-order valence-corrected chi connectivity index (χ1v) is 5.94. The molecule has 0 radical (unpaired) electrons. The number of carbonyl (C=O) groups is 1. The normalized spacial score (nSPS) is 11.4. The molecule has 108 valence electrons. The number of halogens is 2. The van der Waals surface area contributed by atoms with Gasteiger partial charge in [-0.2, -0.15) is 0 Å². The van der Waals surface area contributed by atoms with E-state index in [9.17, 15) is 4.79 Å². The van der Waals surface area contributed by atoms with Crippen molar-refractivity contribution in [2.75, 3.05) is 25.6 Å². The summed E-state index contributed by atoms with van der Waals surface area (Å²) in [5, 5.41) is 3.22. The molecular weight excluding hydrogens is 291 g/mol. The predicted molar refractivity (Wildman–Crippen MR) is 78.4 cm³/mol. The van der Waals surface area contributed by atoms with Gasteiger partial charge in [0.1, 0.15) is 11.8 Å². The van der Waals surface area contributed by atoms with Crippen LogP contribution < -0.4 is 15.8 Å². The Hall–Kier alpha value is -1.01. The van der Waals surface area contributed by atoms with Crippen LogP contribution in [0.5, 0.6) is 5.75 Å². The lowest BCUT2D eigenvalue weighted by Crippen LogP contribution is -2.39. The van der Waals surface area contributed by atoms with Crippen LogP contribution in [-0.4, -0.2) is 32.3 Å². The number of nitrogens with two attached hydrogens (primary N) is 1. The fourth-order valence-electron chi connectivity index (χ4n) is 1.36. The molecule has 1 atom stereocenters. The number of methoxy groups -OCH3 is 1. The third kappa shape index (κ3) is 5.65. The van der Waals surface area contributed by atoms with Crippen LogP contribution in [0.1, 0.15) is 6.92 Å². The standard InChI is InChI=1S/C12H17ClN2O3.ClH/c1-3-18-11-6-8(13)4-5-10(11)15-12(16)9(14)7-17-2;/h4-6,9H,3,7,14H2,1-2H3,(H,15,16);1H. The van der Waals surface area contributed by atoms with Gasteiger partial charge in [-0.3, -0.25) is 4.79 Å². The van der Waals surface area contributed by atoms with Gasteiger partial charge < -0.3 is 20.5 Å². The largest absolute Gasteiger partial charge is 0.492 e. The van der Waals surface area contributed by atoms with Gasteiger partial charge in [-0.15, -0.1) is 12.4 Å². The molecule has 0 bridgehead atoms. The van der Waals surface area contributed by atoms with Gasteiger partial charge in [0.2, 0.25) is 5.91 Å². The van der Waals surface area contributed by atoms with Gasteiger partial charge in [0, 0.05) is 18.2 Å². The molecule has 7 heteroatoms. The van der Waals surface area contributed by atoms with Crippen molar-refractivity contribution in [3.05, 3.63) is 23.2 Å². The van der Waals surface area contributed by atoms with E-state index in [1.165, 1.54) is 7.11 Å². The molecule has 0 aliphatic rings. The van der Waals surface area contributed by atoms with E-state index in [-0.39, 0.29) is 24.9 Å². The maximum absolute atomic E-state index is 11.7. The summed E-state index contributed by atoms with van der Waals surface area (Å²) < 4.78 is 10.2. The smallest absolute Gasteiger partial charge is 0.243 e. The zero-order valence-corrected chi connectivity index (χ0v) is 12.4. The van der Waals surface area contributed by atoms with Gasteiger partial charge in [0.15, 0.2) is 0 Å². The minimum Gasteiger partial charge on any atom is -0.492 e. The van der Waals surface area contributed by atoms with Crippen LogP contribution in [0.4, 0.5) is 5.69 Å². The number of hydrogen-bond donors (Lipinski definition) is 2. The molecule has 1 aromatic carbocycles. The fourth-order valence-corrected chi connectivity index (χ4v) is 1.52. The second kappa shape index (κ2) is 8.98. The highest BCUT2D eigenvalue weighted by Gasteiger charge is 2.15. The van der Waals surface area contributed by atoms with Gasteiger partial charge in [0.05, 0.1) is 18.9 Å². The highest BCUT2D eigenvalue weighted by molar-refractivity contribution is 6.30. The van der Waals surface area contributed by atoms with Crippen molar-refractivity contribution in [3.63, 3.8) is 0 Å². The molecule has 1 aromatic rings. The topological polar surface area (TPSA) is 73.6 Å². The summed E-state index contributed by atoms with van der Waals surface area (Å²) in [6.45, 7) is 2.49. The SMILES string of the molecule is CCOc1cc(Cl)ccc1NC(=O)C(N)COC.Cl. The summed E-state index contributed by atoms with van der Waals surface area (Å²) >= 11 is 5.86. The lowest BCUT2D eigenvalue weighted by molar-refractivity contribution is -0.118. The van der Waals surface area contributed by atoms with Crippen LogP contribution in [-0.2, 0) is 9.53 Å². The Morgan fingerprint density at radius 1 is 1.53 bits per heavy atom. The van der Waals surface area contributed by atoms with E-state index in [2.05, 4.69) is 5.32 Å². The number of anilines is 1. The predicted octanol–water partition coefficient (Wildman–Crippen LogP) is 2.07. The van der Waals surface area contributed by atoms with Gasteiger partial charge in [-0.25, -0.2) is 0 Å². The fraction of sp³-hybridized carbons (Fsp3) is 0.417. The van der Waals surface area contributed by atoms with Crippen molar-refractivity contribution in [2.24, 2.45) is 5.73 Å². The second-order valence-corrected chi connectivity index (χ2v) is 4.06. The molecule has 0 aliphatic carbocycles. The minimum atomic E-state index is -0.722. The summed E-state index contributed by atoms with van der Waals surface area (Å²) in [4.78, 5) is 11.7. The number of amides is 1. The molecular formula is C12H18Cl2N2O3. The van der Waals surface area contributed by atoms with Crippen molar-refractivity contribution >= 4 is 35.6 Å². The maximum atomic E-state index is 11.7. The van der Waals surface area contributed by atoms with Crippen LogP contribution in [0.25, 0.3) is 0 Å². The van der Waals surface area contributed by atoms with Gasteiger partial charge in [0.25, 0.3) is 0 Å². The van der Waals surface area contributed by atoms with E-state index in [1.54, 1.807) is 18.2 Å². The Morgan fingerprint density at radius 3 is 2.79 bits per heavy atom. The summed E-state index contributed by atoms with van der Waals surface area (Å²) in [5.41, 5.74) is 6.17. The van der Waals surface area contributed by atoms with E-state index >= 15 is 0 Å². The lowest BCUT2D eigenvalue weighted by Gasteiger charge is -2.14. The van der Waals surface area contributed by atoms with Gasteiger partial charge in [-0.05, 0) is 19.1 Å². The van der Waals surface area contributed by atoms with Crippen LogP contribution in [0.15, 0.2) is 18.2 Å². The summed E-state index contributed by atoms with van der Waals surface area (Å²) in [6, 6.07) is 4.26. The molecule has 0 heterocycles. The van der Waals surface area contributed by atoms with Crippen molar-refractivity contribution < 1.29 is 14.3 Å². The minimum absolute atomic E-state index is 0. The first kappa shape index (κ1) is 18.0. The molecule has 0 fully saturated rings. The average Bonchev–Trinajstić information content (AvgIpc) is 2.33. The maximum Gasteiger partial charge on any atom is 0.243 e. The molecule has 1 unspecified atom stereocenters. The molecule has 0 aliphatic heterocycles. The van der Waals surface area contributed by atoms with E-state index in [0.717, 1.165) is 0 Å². The number of ether oxygens (including phenoxy) is 2. The zero-order chi connectivity index (χ0) is 13.5. The van der Waals surface area contributed by atoms with Crippen LogP contribution in [0.3, 0.4) is 0 Å². The first-order valence-electron chi connectivity index (χ1n) is 5.56. The summed E-state index contributed by atoms with van der Waals surface area (Å²) in [5.74, 6) is 0.183. The monoisotopic (exact) mass is 308 g/mol. The molecule has 1 rings (SSSR count). The number of hydrogen-bond acceptors (Lipinski definition) is 4. The van der Waals surface area contributed by atoms with Crippen LogP contribution in [0, 0.1) is 0 Å². The molecule has 0 aromatic heterocycles. The Morgan fingerprint density at radius 2 is 2.21 bits per heavy atom. The van der Waals surface area contributed by atoms with Crippen molar-refractivity contribution in [3.8, 4) is 5.75 Å². The first-order chi connectivity index (χ1) is 8.58. The van der Waals surface area contributed by atoms with Gasteiger partial charge in [-0.1, -0.05) is 11.6 Å². The van der Waals surface area contributed by atoms with E-state index in [4.69, 9.17) is 26.8 Å².